The van der Waals surface area contributed by atoms with E-state index >= 15 is 0 Å². The minimum Gasteiger partial charge on any atom is -0.316 e. The molecule has 2 aromatic rings. The molecule has 2 heteroatoms. The summed E-state index contributed by atoms with van der Waals surface area (Å²) in [7, 11) is 1.98. The number of aryl methyl sites for hydroxylation is 2. The van der Waals surface area contributed by atoms with E-state index in [1.54, 1.807) is 0 Å². The first-order valence-corrected chi connectivity index (χ1v) is 6.37. The van der Waals surface area contributed by atoms with Gasteiger partial charge in [-0.2, -0.15) is 0 Å². The summed E-state index contributed by atoms with van der Waals surface area (Å²) in [5.74, 6) is 0. The number of benzene rings is 1. The van der Waals surface area contributed by atoms with Gasteiger partial charge in [0, 0.05) is 11.4 Å². The van der Waals surface area contributed by atoms with Gasteiger partial charge in [0.1, 0.15) is 0 Å². The van der Waals surface area contributed by atoms with Gasteiger partial charge in [0.25, 0.3) is 0 Å². The number of rotatable bonds is 3. The molecule has 0 bridgehead atoms. The Hall–Kier alpha value is -1.12. The highest BCUT2D eigenvalue weighted by Gasteiger charge is 2.03. The Morgan fingerprint density at radius 2 is 1.75 bits per heavy atom. The standard InChI is InChI=1S/C14H17NS/c1-10-4-11(2)6-13(5-10)14-7-12(8-15-3)9-16-14/h4-7,9,15H,8H2,1-3H3. The fraction of sp³-hybridized carbons (Fsp3) is 0.286. The lowest BCUT2D eigenvalue weighted by molar-refractivity contribution is 0.821. The van der Waals surface area contributed by atoms with E-state index in [2.05, 4.69) is 48.8 Å². The molecule has 0 fully saturated rings. The molecule has 0 atom stereocenters. The largest absolute Gasteiger partial charge is 0.316 e. The SMILES string of the molecule is CNCc1csc(-c2cc(C)cc(C)c2)c1. The van der Waals surface area contributed by atoms with Crippen LogP contribution < -0.4 is 5.32 Å². The first-order valence-electron chi connectivity index (χ1n) is 5.50. The van der Waals surface area contributed by atoms with Crippen LogP contribution >= 0.6 is 11.3 Å². The number of hydrogen-bond donors (Lipinski definition) is 1. The predicted molar refractivity (Wildman–Crippen MR) is 72.0 cm³/mol. The zero-order valence-electron chi connectivity index (χ0n) is 10.0. The van der Waals surface area contributed by atoms with Gasteiger partial charge in [-0.15, -0.1) is 11.3 Å². The topological polar surface area (TPSA) is 12.0 Å². The van der Waals surface area contributed by atoms with E-state index in [1.165, 1.54) is 27.1 Å². The maximum Gasteiger partial charge on any atom is 0.0346 e. The lowest BCUT2D eigenvalue weighted by Gasteiger charge is -2.02. The van der Waals surface area contributed by atoms with Crippen molar-refractivity contribution in [2.75, 3.05) is 7.05 Å². The highest BCUT2D eigenvalue weighted by Crippen LogP contribution is 2.28. The van der Waals surface area contributed by atoms with Crippen molar-refractivity contribution in [2.45, 2.75) is 20.4 Å². The van der Waals surface area contributed by atoms with Crippen LogP contribution in [0.1, 0.15) is 16.7 Å². The Kier molecular flexibility index (Phi) is 3.42. The molecule has 0 aliphatic heterocycles. The molecule has 0 unspecified atom stereocenters. The first-order chi connectivity index (χ1) is 7.69. The second-order valence-electron chi connectivity index (χ2n) is 4.23. The quantitative estimate of drug-likeness (QED) is 0.848. The molecular formula is C14H17NS. The fourth-order valence-corrected chi connectivity index (χ4v) is 2.84. The molecule has 0 amide bonds. The normalized spacial score (nSPS) is 10.7. The van der Waals surface area contributed by atoms with Crippen LogP contribution in [-0.2, 0) is 6.54 Å². The van der Waals surface area contributed by atoms with E-state index in [-0.39, 0.29) is 0 Å². The van der Waals surface area contributed by atoms with Crippen molar-refractivity contribution >= 4 is 11.3 Å². The minimum atomic E-state index is 0.946. The van der Waals surface area contributed by atoms with E-state index in [1.807, 2.05) is 18.4 Å². The van der Waals surface area contributed by atoms with Crippen LogP contribution in [0.3, 0.4) is 0 Å². The Morgan fingerprint density at radius 1 is 1.06 bits per heavy atom. The molecule has 1 nitrogen and oxygen atoms in total. The third kappa shape index (κ3) is 2.52. The molecule has 16 heavy (non-hydrogen) atoms. The van der Waals surface area contributed by atoms with E-state index in [9.17, 15) is 0 Å². The van der Waals surface area contributed by atoms with Gasteiger partial charge < -0.3 is 5.32 Å². The molecule has 1 aromatic carbocycles. The van der Waals surface area contributed by atoms with Gasteiger partial charge in [0.2, 0.25) is 0 Å². The highest BCUT2D eigenvalue weighted by molar-refractivity contribution is 7.13. The van der Waals surface area contributed by atoms with Gasteiger partial charge in [-0.05, 0) is 43.5 Å². The molecule has 1 heterocycles. The average molecular weight is 231 g/mol. The van der Waals surface area contributed by atoms with E-state index in [0.29, 0.717) is 0 Å². The van der Waals surface area contributed by atoms with Crippen LogP contribution in [0.5, 0.6) is 0 Å². The molecule has 0 saturated heterocycles. The molecule has 0 aliphatic carbocycles. The van der Waals surface area contributed by atoms with Crippen LogP contribution in [0.4, 0.5) is 0 Å². The zero-order chi connectivity index (χ0) is 11.5. The second kappa shape index (κ2) is 4.81. The summed E-state index contributed by atoms with van der Waals surface area (Å²) in [6, 6.07) is 8.99. The van der Waals surface area contributed by atoms with Gasteiger partial charge in [0.15, 0.2) is 0 Å². The second-order valence-corrected chi connectivity index (χ2v) is 5.14. The summed E-state index contributed by atoms with van der Waals surface area (Å²) in [5.41, 5.74) is 5.36. The summed E-state index contributed by atoms with van der Waals surface area (Å²) in [5, 5.41) is 5.40. The first kappa shape index (κ1) is 11.4. The van der Waals surface area contributed by atoms with Gasteiger partial charge in [0.05, 0.1) is 0 Å². The van der Waals surface area contributed by atoms with E-state index in [0.717, 1.165) is 6.54 Å². The molecule has 0 spiro atoms. The Bertz CT molecular complexity index is 465. The zero-order valence-corrected chi connectivity index (χ0v) is 10.8. The fourth-order valence-electron chi connectivity index (χ4n) is 1.94. The van der Waals surface area contributed by atoms with Gasteiger partial charge in [-0.1, -0.05) is 29.3 Å². The third-order valence-corrected chi connectivity index (χ3v) is 3.57. The molecule has 0 radical (unpaired) electrons. The molecular weight excluding hydrogens is 214 g/mol. The molecule has 0 saturated carbocycles. The maximum absolute atomic E-state index is 3.18. The molecule has 0 aliphatic rings. The number of thiophene rings is 1. The highest BCUT2D eigenvalue weighted by atomic mass is 32.1. The molecule has 2 rings (SSSR count). The van der Waals surface area contributed by atoms with Crippen LogP contribution in [0.15, 0.2) is 29.6 Å². The smallest absolute Gasteiger partial charge is 0.0346 e. The van der Waals surface area contributed by atoms with Gasteiger partial charge in [-0.25, -0.2) is 0 Å². The maximum atomic E-state index is 3.18. The monoisotopic (exact) mass is 231 g/mol. The lowest BCUT2D eigenvalue weighted by atomic mass is 10.1. The van der Waals surface area contributed by atoms with Crippen molar-refractivity contribution < 1.29 is 0 Å². The van der Waals surface area contributed by atoms with E-state index in [4.69, 9.17) is 0 Å². The minimum absolute atomic E-state index is 0.946. The van der Waals surface area contributed by atoms with Crippen molar-refractivity contribution in [1.29, 1.82) is 0 Å². The van der Waals surface area contributed by atoms with Crippen molar-refractivity contribution in [3.05, 3.63) is 46.3 Å². The Labute approximate surface area is 101 Å². The average Bonchev–Trinajstić information content (AvgIpc) is 2.65. The summed E-state index contributed by atoms with van der Waals surface area (Å²) >= 11 is 1.82. The summed E-state index contributed by atoms with van der Waals surface area (Å²) in [6.45, 7) is 5.25. The van der Waals surface area contributed by atoms with Gasteiger partial charge >= 0.3 is 0 Å². The molecule has 1 N–H and O–H groups in total. The Morgan fingerprint density at radius 3 is 2.38 bits per heavy atom. The van der Waals surface area contributed by atoms with Crippen LogP contribution in [0.25, 0.3) is 10.4 Å². The van der Waals surface area contributed by atoms with Crippen molar-refractivity contribution in [3.8, 4) is 10.4 Å². The van der Waals surface area contributed by atoms with Gasteiger partial charge in [-0.3, -0.25) is 0 Å². The van der Waals surface area contributed by atoms with Crippen LogP contribution in [0, 0.1) is 13.8 Å². The van der Waals surface area contributed by atoms with Crippen LogP contribution in [0.2, 0.25) is 0 Å². The van der Waals surface area contributed by atoms with Crippen molar-refractivity contribution in [2.24, 2.45) is 0 Å². The number of hydrogen-bond acceptors (Lipinski definition) is 2. The lowest BCUT2D eigenvalue weighted by Crippen LogP contribution is -2.03. The predicted octanol–water partition coefficient (Wildman–Crippen LogP) is 3.75. The summed E-state index contributed by atoms with van der Waals surface area (Å²) in [4.78, 5) is 1.36. The van der Waals surface area contributed by atoms with Crippen molar-refractivity contribution in [1.82, 2.24) is 5.32 Å². The van der Waals surface area contributed by atoms with Crippen molar-refractivity contribution in [3.63, 3.8) is 0 Å². The third-order valence-electron chi connectivity index (χ3n) is 2.54. The number of nitrogens with one attached hydrogen (secondary N) is 1. The summed E-state index contributed by atoms with van der Waals surface area (Å²) in [6.07, 6.45) is 0. The van der Waals surface area contributed by atoms with E-state index < -0.39 is 0 Å². The van der Waals surface area contributed by atoms with Crippen LogP contribution in [-0.4, -0.2) is 7.05 Å². The Balaban J connectivity index is 2.34. The summed E-state index contributed by atoms with van der Waals surface area (Å²) < 4.78 is 0. The molecule has 1 aromatic heterocycles. The molecule has 84 valence electrons.